The lowest BCUT2D eigenvalue weighted by Crippen LogP contribution is -2.25. The molecule has 3 rings (SSSR count). The maximum atomic E-state index is 13.5. The maximum Gasteiger partial charge on any atom is 0.305 e. The second-order valence-electron chi connectivity index (χ2n) is 7.48. The first-order valence-electron chi connectivity index (χ1n) is 10.6. The second kappa shape index (κ2) is 10.2. The van der Waals surface area contributed by atoms with E-state index in [1.807, 2.05) is 28.8 Å². The molecule has 0 N–H and O–H groups in total. The zero-order chi connectivity index (χ0) is 20.6. The number of aryl methyl sites for hydroxylation is 2. The van der Waals surface area contributed by atoms with Crippen molar-refractivity contribution in [2.75, 3.05) is 7.11 Å². The Balaban J connectivity index is 1.92. The summed E-state index contributed by atoms with van der Waals surface area (Å²) >= 11 is 0. The fraction of sp³-hybridized carbons (Fsp3) is 0.458. The maximum absolute atomic E-state index is 13.5. The molecule has 1 heterocycles. The van der Waals surface area contributed by atoms with Gasteiger partial charge in [-0.25, -0.2) is 4.98 Å². The number of carbonyl (C=O) groups is 1. The summed E-state index contributed by atoms with van der Waals surface area (Å²) in [6.45, 7) is 2.11. The average molecular weight is 395 g/mol. The Kier molecular flexibility index (Phi) is 7.39. The Morgan fingerprint density at radius 2 is 2.03 bits per heavy atom. The molecule has 1 aromatic heterocycles. The van der Waals surface area contributed by atoms with E-state index in [1.165, 1.54) is 7.11 Å². The highest BCUT2D eigenvalue weighted by Crippen LogP contribution is 2.21. The van der Waals surface area contributed by atoms with Gasteiger partial charge in [0.25, 0.3) is 5.56 Å². The van der Waals surface area contributed by atoms with Crippen molar-refractivity contribution in [2.45, 2.75) is 64.7 Å². The topological polar surface area (TPSA) is 61.2 Å². The van der Waals surface area contributed by atoms with Gasteiger partial charge in [-0.3, -0.25) is 14.2 Å². The number of benzene rings is 1. The molecule has 0 saturated carbocycles. The Labute approximate surface area is 172 Å². The summed E-state index contributed by atoms with van der Waals surface area (Å²) < 4.78 is 6.50. The number of ether oxygens (including phenoxy) is 1. The molecule has 29 heavy (non-hydrogen) atoms. The third kappa shape index (κ3) is 5.03. The van der Waals surface area contributed by atoms with Crippen molar-refractivity contribution in [3.8, 4) is 0 Å². The smallest absolute Gasteiger partial charge is 0.305 e. The summed E-state index contributed by atoms with van der Waals surface area (Å²) in [6.07, 6.45) is 13.9. The number of nitrogens with zero attached hydrogens (tertiary/aromatic N) is 2. The minimum atomic E-state index is -0.167. The van der Waals surface area contributed by atoms with Gasteiger partial charge in [-0.2, -0.15) is 0 Å². The van der Waals surface area contributed by atoms with Crippen LogP contribution in [0.3, 0.4) is 0 Å². The molecule has 0 aliphatic heterocycles. The number of methoxy groups -OCH3 is 1. The van der Waals surface area contributed by atoms with Gasteiger partial charge in [0.2, 0.25) is 0 Å². The fourth-order valence-electron chi connectivity index (χ4n) is 3.84. The second-order valence-corrected chi connectivity index (χ2v) is 7.48. The molecule has 0 bridgehead atoms. The summed E-state index contributed by atoms with van der Waals surface area (Å²) in [7, 11) is 1.42. The van der Waals surface area contributed by atoms with Gasteiger partial charge in [0.05, 0.1) is 18.0 Å². The van der Waals surface area contributed by atoms with E-state index >= 15 is 0 Å². The summed E-state index contributed by atoms with van der Waals surface area (Å²) in [5, 5.41) is 0.722. The van der Waals surface area contributed by atoms with Crippen molar-refractivity contribution in [3.63, 3.8) is 0 Å². The van der Waals surface area contributed by atoms with E-state index in [1.54, 1.807) is 0 Å². The zero-order valence-electron chi connectivity index (χ0n) is 17.4. The number of rotatable bonds is 9. The molecule has 0 spiro atoms. The van der Waals surface area contributed by atoms with Gasteiger partial charge in [0.1, 0.15) is 5.82 Å². The van der Waals surface area contributed by atoms with Crippen molar-refractivity contribution in [3.05, 3.63) is 58.2 Å². The van der Waals surface area contributed by atoms with Crippen LogP contribution in [0.2, 0.25) is 0 Å². The summed E-state index contributed by atoms with van der Waals surface area (Å²) in [4.78, 5) is 29.7. The molecule has 154 valence electrons. The van der Waals surface area contributed by atoms with Gasteiger partial charge < -0.3 is 4.74 Å². The number of allylic oxidation sites excluding steroid dienone is 4. The van der Waals surface area contributed by atoms with Crippen LogP contribution in [0.4, 0.5) is 0 Å². The lowest BCUT2D eigenvalue weighted by atomic mass is 10.0. The molecule has 0 saturated heterocycles. The van der Waals surface area contributed by atoms with Crippen molar-refractivity contribution in [2.24, 2.45) is 0 Å². The Morgan fingerprint density at radius 1 is 1.17 bits per heavy atom. The van der Waals surface area contributed by atoms with Crippen LogP contribution in [0.25, 0.3) is 16.6 Å². The van der Waals surface area contributed by atoms with Crippen LogP contribution in [0.15, 0.2) is 41.2 Å². The molecule has 1 aromatic carbocycles. The molecule has 1 aliphatic rings. The number of aromatic nitrogens is 2. The molecular weight excluding hydrogens is 364 g/mol. The number of esters is 1. The SMILES string of the molecule is CCCc1nc2cccc(CCCCCC(=O)OC)c2c(=O)n1C1=CCCC=C1. The predicted octanol–water partition coefficient (Wildman–Crippen LogP) is 4.82. The molecule has 0 radical (unpaired) electrons. The number of fused-ring (bicyclic) bond motifs is 1. The van der Waals surface area contributed by atoms with Gasteiger partial charge >= 0.3 is 5.97 Å². The number of carbonyl (C=O) groups excluding carboxylic acids is 1. The Hall–Kier alpha value is -2.69. The molecule has 0 unspecified atom stereocenters. The molecule has 2 aromatic rings. The molecule has 5 nitrogen and oxygen atoms in total. The molecule has 5 heteroatoms. The first kappa shape index (κ1) is 21.0. The van der Waals surface area contributed by atoms with Gasteiger partial charge in [-0.15, -0.1) is 0 Å². The lowest BCUT2D eigenvalue weighted by molar-refractivity contribution is -0.140. The van der Waals surface area contributed by atoms with Crippen LogP contribution in [-0.2, 0) is 22.4 Å². The lowest BCUT2D eigenvalue weighted by Gasteiger charge is -2.17. The summed E-state index contributed by atoms with van der Waals surface area (Å²) in [6, 6.07) is 5.95. The molecular formula is C24H30N2O3. The molecule has 0 atom stereocenters. The van der Waals surface area contributed by atoms with Crippen molar-refractivity contribution in [1.82, 2.24) is 9.55 Å². The molecule has 1 aliphatic carbocycles. The Morgan fingerprint density at radius 3 is 2.76 bits per heavy atom. The van der Waals surface area contributed by atoms with E-state index in [-0.39, 0.29) is 11.5 Å². The van der Waals surface area contributed by atoms with E-state index in [2.05, 4.69) is 23.8 Å². The number of hydrogen-bond donors (Lipinski definition) is 0. The normalized spacial score (nSPS) is 13.5. The molecule has 0 fully saturated rings. The Bertz CT molecular complexity index is 986. The highest BCUT2D eigenvalue weighted by atomic mass is 16.5. The highest BCUT2D eigenvalue weighted by molar-refractivity contribution is 5.82. The van der Waals surface area contributed by atoms with Gasteiger partial charge in [-0.05, 0) is 56.2 Å². The standard InChI is InChI=1S/C24H30N2O3/c1-3-11-21-25-20-16-10-13-18(12-6-4-9-17-22(27)29-2)23(20)24(28)26(21)19-14-7-5-8-15-19/h7,10,13-16H,3-6,8-9,11-12,17H2,1-2H3. The zero-order valence-corrected chi connectivity index (χ0v) is 17.4. The van der Waals surface area contributed by atoms with E-state index in [0.717, 1.165) is 79.4 Å². The van der Waals surface area contributed by atoms with E-state index < -0.39 is 0 Å². The van der Waals surface area contributed by atoms with E-state index in [4.69, 9.17) is 4.98 Å². The third-order valence-electron chi connectivity index (χ3n) is 5.32. The largest absolute Gasteiger partial charge is 0.469 e. The minimum Gasteiger partial charge on any atom is -0.469 e. The first-order chi connectivity index (χ1) is 14.2. The molecule has 0 amide bonds. The average Bonchev–Trinajstić information content (AvgIpc) is 2.74. The van der Waals surface area contributed by atoms with Crippen molar-refractivity contribution >= 4 is 22.6 Å². The monoisotopic (exact) mass is 394 g/mol. The van der Waals surface area contributed by atoms with Crippen LogP contribution >= 0.6 is 0 Å². The van der Waals surface area contributed by atoms with E-state index in [9.17, 15) is 9.59 Å². The number of unbranched alkanes of at least 4 members (excludes halogenated alkanes) is 2. The first-order valence-corrected chi connectivity index (χ1v) is 10.6. The van der Waals surface area contributed by atoms with Gasteiger partial charge in [0.15, 0.2) is 0 Å². The minimum absolute atomic E-state index is 0.0291. The third-order valence-corrected chi connectivity index (χ3v) is 5.32. The van der Waals surface area contributed by atoms with Crippen LogP contribution in [0, 0.1) is 0 Å². The highest BCUT2D eigenvalue weighted by Gasteiger charge is 2.16. The van der Waals surface area contributed by atoms with Crippen LogP contribution < -0.4 is 5.56 Å². The van der Waals surface area contributed by atoms with Crippen LogP contribution in [0.5, 0.6) is 0 Å². The van der Waals surface area contributed by atoms with Crippen LogP contribution in [-0.4, -0.2) is 22.6 Å². The van der Waals surface area contributed by atoms with Crippen molar-refractivity contribution < 1.29 is 9.53 Å². The van der Waals surface area contributed by atoms with Crippen molar-refractivity contribution in [1.29, 1.82) is 0 Å². The van der Waals surface area contributed by atoms with Gasteiger partial charge in [0, 0.05) is 18.5 Å². The summed E-state index contributed by atoms with van der Waals surface area (Å²) in [5.41, 5.74) is 2.78. The quantitative estimate of drug-likeness (QED) is 0.452. The summed E-state index contributed by atoms with van der Waals surface area (Å²) in [5.74, 6) is 0.664. The predicted molar refractivity (Wildman–Crippen MR) is 117 cm³/mol. The fourth-order valence-corrected chi connectivity index (χ4v) is 3.84. The van der Waals surface area contributed by atoms with E-state index in [0.29, 0.717) is 6.42 Å². The van der Waals surface area contributed by atoms with Crippen LogP contribution in [0.1, 0.15) is 63.3 Å². The number of hydrogen-bond acceptors (Lipinski definition) is 4. The van der Waals surface area contributed by atoms with Gasteiger partial charge in [-0.1, -0.05) is 37.6 Å².